The average Bonchev–Trinajstić information content (AvgIpc) is 2.60. The number of alkyl halides is 1. The summed E-state index contributed by atoms with van der Waals surface area (Å²) in [5.41, 5.74) is 0.917. The van der Waals surface area contributed by atoms with Gasteiger partial charge in [0.2, 0.25) is 5.91 Å². The number of hydrogen-bond donors (Lipinski definition) is 1. The molecule has 0 aliphatic carbocycles. The minimum Gasteiger partial charge on any atom is -0.312 e. The Morgan fingerprint density at radius 3 is 2.93 bits per heavy atom. The van der Waals surface area contributed by atoms with Crippen LogP contribution in [0.2, 0.25) is 0 Å². The number of halogens is 1. The first-order valence-corrected chi connectivity index (χ1v) is 5.84. The van der Waals surface area contributed by atoms with Crippen LogP contribution in [0.25, 0.3) is 0 Å². The summed E-state index contributed by atoms with van der Waals surface area (Å²) in [6.45, 7) is 0.722. The van der Waals surface area contributed by atoms with Crippen molar-refractivity contribution in [2.45, 2.75) is 11.3 Å². The van der Waals surface area contributed by atoms with E-state index < -0.39 is 0 Å². The molecule has 0 spiro atoms. The van der Waals surface area contributed by atoms with Crippen molar-refractivity contribution >= 4 is 35.8 Å². The molecule has 0 bridgehead atoms. The Labute approximate surface area is 99.6 Å². The van der Waals surface area contributed by atoms with Crippen LogP contribution < -0.4 is 4.90 Å². The molecule has 1 heterocycles. The van der Waals surface area contributed by atoms with Gasteiger partial charge >= 0.3 is 0 Å². The molecule has 0 radical (unpaired) electrons. The van der Waals surface area contributed by atoms with Crippen LogP contribution in [-0.2, 0) is 4.79 Å². The first kappa shape index (κ1) is 10.8. The van der Waals surface area contributed by atoms with E-state index in [0.717, 1.165) is 17.1 Å². The van der Waals surface area contributed by atoms with Crippen LogP contribution in [0, 0.1) is 5.92 Å². The summed E-state index contributed by atoms with van der Waals surface area (Å²) in [5, 5.41) is 0. The van der Waals surface area contributed by atoms with Crippen molar-refractivity contribution in [1.29, 1.82) is 0 Å². The number of carbonyl (C=O) groups is 1. The first-order valence-electron chi connectivity index (χ1n) is 4.86. The van der Waals surface area contributed by atoms with Crippen molar-refractivity contribution in [2.75, 3.05) is 17.3 Å². The molecule has 1 fully saturated rings. The maximum absolute atomic E-state index is 11.7. The molecule has 1 amide bonds. The summed E-state index contributed by atoms with van der Waals surface area (Å²) >= 11 is 10.0. The summed E-state index contributed by atoms with van der Waals surface area (Å²) in [6, 6.07) is 7.62. The lowest BCUT2D eigenvalue weighted by molar-refractivity contribution is -0.117. The normalized spacial score (nSPS) is 21.1. The SMILES string of the molecule is O=C1CC(CCl)CN1c1cccc(S)c1. The highest BCUT2D eigenvalue weighted by Gasteiger charge is 2.29. The number of carbonyl (C=O) groups excluding carboxylic acids is 1. The second kappa shape index (κ2) is 4.45. The van der Waals surface area contributed by atoms with E-state index in [4.69, 9.17) is 11.6 Å². The maximum atomic E-state index is 11.7. The van der Waals surface area contributed by atoms with Crippen molar-refractivity contribution in [1.82, 2.24) is 0 Å². The zero-order valence-corrected chi connectivity index (χ0v) is 9.84. The summed E-state index contributed by atoms with van der Waals surface area (Å²) in [6.07, 6.45) is 0.556. The summed E-state index contributed by atoms with van der Waals surface area (Å²) in [4.78, 5) is 14.4. The fraction of sp³-hybridized carbons (Fsp3) is 0.364. The van der Waals surface area contributed by atoms with Crippen molar-refractivity contribution in [3.8, 4) is 0 Å². The summed E-state index contributed by atoms with van der Waals surface area (Å²) in [5.74, 6) is 0.977. The van der Waals surface area contributed by atoms with Crippen molar-refractivity contribution in [2.24, 2.45) is 5.92 Å². The Balaban J connectivity index is 2.21. The molecule has 0 N–H and O–H groups in total. The molecule has 4 heteroatoms. The van der Waals surface area contributed by atoms with Crippen LogP contribution in [0.5, 0.6) is 0 Å². The molecule has 15 heavy (non-hydrogen) atoms. The Morgan fingerprint density at radius 1 is 1.53 bits per heavy atom. The van der Waals surface area contributed by atoms with E-state index in [1.807, 2.05) is 24.3 Å². The van der Waals surface area contributed by atoms with E-state index in [-0.39, 0.29) is 11.8 Å². The van der Waals surface area contributed by atoms with Gasteiger partial charge in [-0.1, -0.05) is 6.07 Å². The smallest absolute Gasteiger partial charge is 0.227 e. The highest BCUT2D eigenvalue weighted by molar-refractivity contribution is 7.80. The van der Waals surface area contributed by atoms with Gasteiger partial charge in [-0.15, -0.1) is 24.2 Å². The molecule has 0 saturated carbocycles. The topological polar surface area (TPSA) is 20.3 Å². The number of benzene rings is 1. The molecule has 80 valence electrons. The quantitative estimate of drug-likeness (QED) is 0.623. The van der Waals surface area contributed by atoms with Gasteiger partial charge in [-0.25, -0.2) is 0 Å². The van der Waals surface area contributed by atoms with Gasteiger partial charge in [-0.2, -0.15) is 0 Å². The summed E-state index contributed by atoms with van der Waals surface area (Å²) in [7, 11) is 0. The molecule has 1 saturated heterocycles. The third-order valence-corrected chi connectivity index (χ3v) is 3.28. The van der Waals surface area contributed by atoms with Crippen LogP contribution in [0.4, 0.5) is 5.69 Å². The fourth-order valence-corrected chi connectivity index (χ4v) is 2.22. The van der Waals surface area contributed by atoms with E-state index in [1.54, 1.807) is 4.90 Å². The van der Waals surface area contributed by atoms with Crippen molar-refractivity contribution < 1.29 is 4.79 Å². The lowest BCUT2D eigenvalue weighted by Gasteiger charge is -2.16. The number of thiol groups is 1. The predicted molar refractivity (Wildman–Crippen MR) is 64.9 cm³/mol. The molecular formula is C11H12ClNOS. The monoisotopic (exact) mass is 241 g/mol. The lowest BCUT2D eigenvalue weighted by atomic mass is 10.1. The Morgan fingerprint density at radius 2 is 2.33 bits per heavy atom. The second-order valence-corrected chi connectivity index (χ2v) is 4.57. The van der Waals surface area contributed by atoms with Crippen molar-refractivity contribution in [3.05, 3.63) is 24.3 Å². The van der Waals surface area contributed by atoms with Crippen LogP contribution in [0.15, 0.2) is 29.2 Å². The number of rotatable bonds is 2. The number of anilines is 1. The van der Waals surface area contributed by atoms with Crippen LogP contribution in [0.3, 0.4) is 0 Å². The largest absolute Gasteiger partial charge is 0.312 e. The van der Waals surface area contributed by atoms with Crippen LogP contribution in [0.1, 0.15) is 6.42 Å². The Bertz CT molecular complexity index is 383. The summed E-state index contributed by atoms with van der Waals surface area (Å²) < 4.78 is 0. The van der Waals surface area contributed by atoms with Gasteiger partial charge in [-0.3, -0.25) is 4.79 Å². The molecule has 0 aromatic heterocycles. The zero-order chi connectivity index (χ0) is 10.8. The number of amides is 1. The van der Waals surface area contributed by atoms with E-state index in [1.165, 1.54) is 0 Å². The number of nitrogens with zero attached hydrogens (tertiary/aromatic N) is 1. The van der Waals surface area contributed by atoms with Gasteiger partial charge in [0.05, 0.1) is 0 Å². The highest BCUT2D eigenvalue weighted by atomic mass is 35.5. The van der Waals surface area contributed by atoms with Gasteiger partial charge < -0.3 is 4.90 Å². The third kappa shape index (κ3) is 2.29. The van der Waals surface area contributed by atoms with Gasteiger partial charge in [0.1, 0.15) is 0 Å². The average molecular weight is 242 g/mol. The fourth-order valence-electron chi connectivity index (χ4n) is 1.80. The highest BCUT2D eigenvalue weighted by Crippen LogP contribution is 2.26. The minimum atomic E-state index is 0.152. The molecule has 1 unspecified atom stereocenters. The van der Waals surface area contributed by atoms with Crippen molar-refractivity contribution in [3.63, 3.8) is 0 Å². The third-order valence-electron chi connectivity index (χ3n) is 2.56. The zero-order valence-electron chi connectivity index (χ0n) is 8.19. The number of hydrogen-bond acceptors (Lipinski definition) is 2. The van der Waals surface area contributed by atoms with Gasteiger partial charge in [0.25, 0.3) is 0 Å². The Hall–Kier alpha value is -0.670. The minimum absolute atomic E-state index is 0.152. The molecule has 1 aromatic rings. The van der Waals surface area contributed by atoms with E-state index in [0.29, 0.717) is 12.3 Å². The van der Waals surface area contributed by atoms with E-state index >= 15 is 0 Å². The second-order valence-electron chi connectivity index (χ2n) is 3.75. The van der Waals surface area contributed by atoms with Crippen LogP contribution in [-0.4, -0.2) is 18.3 Å². The maximum Gasteiger partial charge on any atom is 0.227 e. The lowest BCUT2D eigenvalue weighted by Crippen LogP contribution is -2.24. The molecule has 1 aliphatic rings. The standard InChI is InChI=1S/C11H12ClNOS/c12-6-8-4-11(14)13(7-8)9-2-1-3-10(15)5-9/h1-3,5,8,15H,4,6-7H2. The van der Waals surface area contributed by atoms with Gasteiger partial charge in [-0.05, 0) is 24.1 Å². The Kier molecular flexibility index (Phi) is 3.22. The van der Waals surface area contributed by atoms with E-state index in [9.17, 15) is 4.79 Å². The molecule has 1 aromatic carbocycles. The first-order chi connectivity index (χ1) is 7.20. The van der Waals surface area contributed by atoms with Gasteiger partial charge in [0.15, 0.2) is 0 Å². The predicted octanol–water partition coefficient (Wildman–Crippen LogP) is 2.57. The molecule has 1 atom stereocenters. The molecule has 2 nitrogen and oxygen atoms in total. The molecular weight excluding hydrogens is 230 g/mol. The van der Waals surface area contributed by atoms with Crippen LogP contribution >= 0.6 is 24.2 Å². The molecule has 2 rings (SSSR count). The van der Waals surface area contributed by atoms with Gasteiger partial charge in [0, 0.05) is 29.4 Å². The van der Waals surface area contributed by atoms with E-state index in [2.05, 4.69) is 12.6 Å². The molecule has 1 aliphatic heterocycles.